The van der Waals surface area contributed by atoms with Crippen LogP contribution < -0.4 is 0 Å². The number of benzene rings is 2. The monoisotopic (exact) mass is 415 g/mol. The second-order valence-corrected chi connectivity index (χ2v) is 6.42. The van der Waals surface area contributed by atoms with Gasteiger partial charge in [-0.25, -0.2) is 4.79 Å². The predicted molar refractivity (Wildman–Crippen MR) is 101 cm³/mol. The number of aromatic nitrogens is 3. The minimum Gasteiger partial charge on any atom is -0.508 e. The van der Waals surface area contributed by atoms with Crippen LogP contribution in [-0.2, 0) is 19.1 Å². The van der Waals surface area contributed by atoms with Gasteiger partial charge in [-0.2, -0.15) is 13.2 Å². The number of nitrogens with zero attached hydrogens (tertiary/aromatic N) is 3. The molecule has 0 aliphatic carbocycles. The average Bonchev–Trinajstić information content (AvgIpc) is 3.20. The van der Waals surface area contributed by atoms with E-state index in [2.05, 4.69) is 22.2 Å². The molecule has 1 heterocycles. The van der Waals surface area contributed by atoms with E-state index in [0.717, 1.165) is 12.1 Å². The Morgan fingerprint density at radius 3 is 2.50 bits per heavy atom. The molecule has 0 aliphatic heterocycles. The minimum atomic E-state index is -4.67. The van der Waals surface area contributed by atoms with Gasteiger partial charge >= 0.3 is 12.1 Å². The molecule has 0 radical (unpaired) electrons. The maximum Gasteiger partial charge on any atom is 0.417 e. The number of carboxylic acids is 1. The Morgan fingerprint density at radius 1 is 1.10 bits per heavy atom. The Kier molecular flexibility index (Phi) is 6.06. The van der Waals surface area contributed by atoms with Gasteiger partial charge in [0.05, 0.1) is 17.3 Å². The Hall–Kier alpha value is -3.80. The van der Waals surface area contributed by atoms with E-state index in [1.165, 1.54) is 24.4 Å². The molecule has 0 aliphatic rings. The minimum absolute atomic E-state index is 0.0666. The van der Waals surface area contributed by atoms with Crippen molar-refractivity contribution in [2.45, 2.75) is 25.6 Å². The highest BCUT2D eigenvalue weighted by atomic mass is 19.4. The quantitative estimate of drug-likeness (QED) is 0.620. The summed E-state index contributed by atoms with van der Waals surface area (Å²) in [6.07, 6.45) is -0.382. The number of aromatic carboxylic acids is 1. The number of alkyl halides is 3. The molecule has 0 saturated carbocycles. The summed E-state index contributed by atoms with van der Waals surface area (Å²) in [5.41, 5.74) is -0.215. The lowest BCUT2D eigenvalue weighted by Gasteiger charge is -2.09. The van der Waals surface area contributed by atoms with E-state index in [9.17, 15) is 28.2 Å². The van der Waals surface area contributed by atoms with Crippen LogP contribution in [-0.4, -0.2) is 31.2 Å². The lowest BCUT2D eigenvalue weighted by molar-refractivity contribution is -0.137. The molecular formula is C21H16F3N3O3. The molecule has 0 unspecified atom stereocenters. The van der Waals surface area contributed by atoms with E-state index >= 15 is 0 Å². The van der Waals surface area contributed by atoms with Crippen molar-refractivity contribution in [1.82, 2.24) is 15.0 Å². The molecule has 6 nitrogen and oxygen atoms in total. The third-order valence-corrected chi connectivity index (χ3v) is 4.30. The van der Waals surface area contributed by atoms with Crippen molar-refractivity contribution >= 4 is 5.97 Å². The highest BCUT2D eigenvalue weighted by Crippen LogP contribution is 2.33. The first-order valence-corrected chi connectivity index (χ1v) is 8.86. The van der Waals surface area contributed by atoms with Crippen LogP contribution in [0, 0.1) is 11.8 Å². The number of halogens is 3. The summed E-state index contributed by atoms with van der Waals surface area (Å²) in [6.45, 7) is 0.542. The summed E-state index contributed by atoms with van der Waals surface area (Å²) in [7, 11) is 0. The summed E-state index contributed by atoms with van der Waals surface area (Å²) in [5.74, 6) is 3.60. The first-order valence-electron chi connectivity index (χ1n) is 8.86. The fourth-order valence-electron chi connectivity index (χ4n) is 2.85. The van der Waals surface area contributed by atoms with Crippen molar-refractivity contribution in [3.05, 3.63) is 76.6 Å². The van der Waals surface area contributed by atoms with E-state index in [4.69, 9.17) is 0 Å². The van der Waals surface area contributed by atoms with Gasteiger partial charge in [-0.15, -0.1) is 5.10 Å². The Balaban J connectivity index is 1.92. The molecule has 0 atom stereocenters. The molecule has 0 saturated heterocycles. The number of carboxylic acid groups (broad SMARTS) is 1. The molecule has 0 bridgehead atoms. The fraction of sp³-hybridized carbons (Fsp3) is 0.190. The standard InChI is InChI=1S/C21H16F3N3O3/c22-21(23,24)19-13-18(28)8-7-15(19)5-3-14-4-6-17(20(29)30)12-16(14)2-1-10-27-11-9-25-26-27/h4,6-9,11-13,28H,1-2,10H2,(H,29,30). The average molecular weight is 415 g/mol. The SMILES string of the molecule is O=C(O)c1ccc(C#Cc2ccc(O)cc2C(F)(F)F)c(CCCn2ccnn2)c1. The molecule has 2 aromatic carbocycles. The van der Waals surface area contributed by atoms with Gasteiger partial charge in [0.2, 0.25) is 0 Å². The van der Waals surface area contributed by atoms with Gasteiger partial charge in [0, 0.05) is 23.9 Å². The zero-order chi connectivity index (χ0) is 21.7. The maximum absolute atomic E-state index is 13.2. The molecule has 0 fully saturated rings. The summed E-state index contributed by atoms with van der Waals surface area (Å²) < 4.78 is 41.3. The first kappa shape index (κ1) is 20.9. The fourth-order valence-corrected chi connectivity index (χ4v) is 2.85. The van der Waals surface area contributed by atoms with Crippen LogP contribution in [0.15, 0.2) is 48.8 Å². The molecule has 2 N–H and O–H groups in total. The Bertz CT molecular complexity index is 1110. The summed E-state index contributed by atoms with van der Waals surface area (Å²) >= 11 is 0. The van der Waals surface area contributed by atoms with Gasteiger partial charge in [0.1, 0.15) is 5.75 Å². The smallest absolute Gasteiger partial charge is 0.417 e. The van der Waals surface area contributed by atoms with Crippen molar-refractivity contribution in [1.29, 1.82) is 0 Å². The number of carbonyl (C=O) groups is 1. The van der Waals surface area contributed by atoms with Crippen molar-refractivity contribution < 1.29 is 28.2 Å². The van der Waals surface area contributed by atoms with Crippen LogP contribution in [0.25, 0.3) is 0 Å². The van der Waals surface area contributed by atoms with Crippen LogP contribution in [0.5, 0.6) is 5.75 Å². The van der Waals surface area contributed by atoms with Crippen molar-refractivity contribution in [2.75, 3.05) is 0 Å². The maximum atomic E-state index is 13.2. The number of hydrogen-bond acceptors (Lipinski definition) is 4. The summed E-state index contributed by atoms with van der Waals surface area (Å²) in [5, 5.41) is 26.2. The number of hydrogen-bond donors (Lipinski definition) is 2. The number of aryl methyl sites for hydroxylation is 2. The highest BCUT2D eigenvalue weighted by molar-refractivity contribution is 5.88. The molecule has 3 aromatic rings. The van der Waals surface area contributed by atoms with Gasteiger partial charge in [0.15, 0.2) is 0 Å². The first-order chi connectivity index (χ1) is 14.2. The van der Waals surface area contributed by atoms with E-state index in [1.54, 1.807) is 10.9 Å². The Labute approximate surface area is 169 Å². The largest absolute Gasteiger partial charge is 0.508 e. The van der Waals surface area contributed by atoms with Crippen LogP contribution in [0.2, 0.25) is 0 Å². The molecule has 154 valence electrons. The molecule has 30 heavy (non-hydrogen) atoms. The van der Waals surface area contributed by atoms with E-state index in [-0.39, 0.29) is 11.1 Å². The second-order valence-electron chi connectivity index (χ2n) is 6.42. The van der Waals surface area contributed by atoms with E-state index < -0.39 is 23.5 Å². The van der Waals surface area contributed by atoms with Crippen LogP contribution >= 0.6 is 0 Å². The number of rotatable bonds is 5. The van der Waals surface area contributed by atoms with Gasteiger partial charge in [-0.05, 0) is 54.8 Å². The second kappa shape index (κ2) is 8.69. The summed E-state index contributed by atoms with van der Waals surface area (Å²) in [6, 6.07) is 7.16. The van der Waals surface area contributed by atoms with E-state index in [1.807, 2.05) is 0 Å². The van der Waals surface area contributed by atoms with Crippen molar-refractivity contribution in [3.63, 3.8) is 0 Å². The summed E-state index contributed by atoms with van der Waals surface area (Å²) in [4.78, 5) is 11.3. The molecule has 3 rings (SSSR count). The zero-order valence-electron chi connectivity index (χ0n) is 15.5. The van der Waals surface area contributed by atoms with Crippen LogP contribution in [0.3, 0.4) is 0 Å². The molecule has 0 amide bonds. The van der Waals surface area contributed by atoms with Gasteiger partial charge in [-0.3, -0.25) is 4.68 Å². The zero-order valence-corrected chi connectivity index (χ0v) is 15.5. The molecule has 9 heteroatoms. The topological polar surface area (TPSA) is 88.2 Å². The lowest BCUT2D eigenvalue weighted by atomic mass is 9.99. The molecular weight excluding hydrogens is 399 g/mol. The van der Waals surface area contributed by atoms with Crippen LogP contribution in [0.1, 0.15) is 39.0 Å². The van der Waals surface area contributed by atoms with Gasteiger partial charge < -0.3 is 10.2 Å². The van der Waals surface area contributed by atoms with Gasteiger partial charge in [-0.1, -0.05) is 17.1 Å². The van der Waals surface area contributed by atoms with E-state index in [0.29, 0.717) is 36.6 Å². The molecule has 0 spiro atoms. The van der Waals surface area contributed by atoms with Crippen molar-refractivity contribution in [2.24, 2.45) is 0 Å². The van der Waals surface area contributed by atoms with Crippen LogP contribution in [0.4, 0.5) is 13.2 Å². The van der Waals surface area contributed by atoms with Gasteiger partial charge in [0.25, 0.3) is 0 Å². The molecule has 1 aromatic heterocycles. The normalized spacial score (nSPS) is 11.0. The lowest BCUT2D eigenvalue weighted by Crippen LogP contribution is -2.07. The third kappa shape index (κ3) is 5.17. The number of aromatic hydroxyl groups is 1. The number of phenols is 1. The number of phenolic OH excluding ortho intramolecular Hbond substituents is 1. The Morgan fingerprint density at radius 2 is 1.83 bits per heavy atom. The predicted octanol–water partition coefficient (Wildman–Crippen LogP) is 3.73. The highest BCUT2D eigenvalue weighted by Gasteiger charge is 2.33. The third-order valence-electron chi connectivity index (χ3n) is 4.30. The van der Waals surface area contributed by atoms with Crippen molar-refractivity contribution in [3.8, 4) is 17.6 Å².